The summed E-state index contributed by atoms with van der Waals surface area (Å²) < 4.78 is 5.23. The fourth-order valence-electron chi connectivity index (χ4n) is 2.87. The molecule has 3 amide bonds. The van der Waals surface area contributed by atoms with Crippen LogP contribution in [0.25, 0.3) is 6.08 Å². The number of benzene rings is 1. The van der Waals surface area contributed by atoms with Crippen molar-refractivity contribution in [1.82, 2.24) is 21.1 Å². The number of likely N-dealkylation sites (tertiary alicyclic amines) is 1. The molecule has 3 rings (SSSR count). The minimum absolute atomic E-state index is 0.0751. The predicted octanol–water partition coefficient (Wildman–Crippen LogP) is 2.02. The molecule has 1 aliphatic heterocycles. The predicted molar refractivity (Wildman–Crippen MR) is 115 cm³/mol. The number of hydrogen-bond acceptors (Lipinski definition) is 5. The molecule has 0 spiro atoms. The van der Waals surface area contributed by atoms with Crippen molar-refractivity contribution >= 4 is 52.7 Å². The molecule has 0 aliphatic carbocycles. The van der Waals surface area contributed by atoms with E-state index in [0.29, 0.717) is 22.9 Å². The van der Waals surface area contributed by atoms with E-state index in [0.717, 1.165) is 0 Å². The average molecular weight is 447 g/mol. The first kappa shape index (κ1) is 21.5. The second-order valence-corrected chi connectivity index (χ2v) is 7.36. The van der Waals surface area contributed by atoms with Gasteiger partial charge in [-0.2, -0.15) is 0 Å². The van der Waals surface area contributed by atoms with Gasteiger partial charge >= 0.3 is 0 Å². The van der Waals surface area contributed by atoms with Crippen molar-refractivity contribution in [1.29, 1.82) is 0 Å². The summed E-state index contributed by atoms with van der Waals surface area (Å²) in [6.45, 7) is 0.585. The molecule has 8 nitrogen and oxygen atoms in total. The Bertz CT molecular complexity index is 977. The normalized spacial score (nSPS) is 16.0. The van der Waals surface area contributed by atoms with E-state index in [-0.39, 0.29) is 24.0 Å². The molecule has 1 fully saturated rings. The van der Waals surface area contributed by atoms with Gasteiger partial charge in [-0.15, -0.1) is 0 Å². The molecule has 1 aromatic heterocycles. The summed E-state index contributed by atoms with van der Waals surface area (Å²) in [4.78, 5) is 37.9. The third-order valence-electron chi connectivity index (χ3n) is 4.37. The molecule has 0 saturated carbocycles. The van der Waals surface area contributed by atoms with E-state index in [4.69, 9.17) is 28.2 Å². The Labute approximate surface area is 183 Å². The van der Waals surface area contributed by atoms with Gasteiger partial charge in [0, 0.05) is 24.1 Å². The van der Waals surface area contributed by atoms with Gasteiger partial charge in [0.2, 0.25) is 17.7 Å². The molecule has 10 heteroatoms. The van der Waals surface area contributed by atoms with Crippen molar-refractivity contribution in [3.05, 3.63) is 65.1 Å². The van der Waals surface area contributed by atoms with Crippen molar-refractivity contribution in [2.24, 2.45) is 5.92 Å². The second-order valence-electron chi connectivity index (χ2n) is 6.54. The average Bonchev–Trinajstić information content (AvgIpc) is 3.36. The molecule has 156 valence electrons. The van der Waals surface area contributed by atoms with Crippen molar-refractivity contribution in [2.75, 3.05) is 6.54 Å². The third kappa shape index (κ3) is 5.91. The molecule has 2 aromatic rings. The zero-order valence-corrected chi connectivity index (χ0v) is 17.3. The molecule has 0 bridgehead atoms. The maximum atomic E-state index is 12.3. The Morgan fingerprint density at radius 1 is 1.23 bits per heavy atom. The molecular weight excluding hydrogens is 428 g/mol. The van der Waals surface area contributed by atoms with Gasteiger partial charge in [0.05, 0.1) is 18.7 Å². The molecule has 1 aromatic carbocycles. The first-order chi connectivity index (χ1) is 14.4. The van der Waals surface area contributed by atoms with Crippen LogP contribution >= 0.6 is 23.8 Å². The highest BCUT2D eigenvalue weighted by Crippen LogP contribution is 2.20. The summed E-state index contributed by atoms with van der Waals surface area (Å²) >= 11 is 11.0. The van der Waals surface area contributed by atoms with Crippen molar-refractivity contribution < 1.29 is 18.8 Å². The van der Waals surface area contributed by atoms with Gasteiger partial charge in [0.15, 0.2) is 5.11 Å². The van der Waals surface area contributed by atoms with Gasteiger partial charge in [-0.1, -0.05) is 29.8 Å². The van der Waals surface area contributed by atoms with E-state index < -0.39 is 17.7 Å². The third-order valence-corrected chi connectivity index (χ3v) is 4.92. The monoisotopic (exact) mass is 446 g/mol. The van der Waals surface area contributed by atoms with Crippen LogP contribution < -0.4 is 16.2 Å². The smallest absolute Gasteiger partial charge is 0.250 e. The molecule has 2 heterocycles. The maximum Gasteiger partial charge on any atom is 0.250 e. The molecule has 3 N–H and O–H groups in total. The SMILES string of the molecule is O=C(/C=C/c1ccccc1Cl)NC(=S)NNC(=O)C1CC(=O)N(Cc2ccco2)C1. The van der Waals surface area contributed by atoms with Gasteiger partial charge in [-0.25, -0.2) is 0 Å². The van der Waals surface area contributed by atoms with Gasteiger partial charge in [0.1, 0.15) is 5.76 Å². The summed E-state index contributed by atoms with van der Waals surface area (Å²) in [7, 11) is 0. The largest absolute Gasteiger partial charge is 0.467 e. The van der Waals surface area contributed by atoms with Gasteiger partial charge in [0.25, 0.3) is 0 Å². The van der Waals surface area contributed by atoms with Crippen LogP contribution in [0.2, 0.25) is 5.02 Å². The van der Waals surface area contributed by atoms with Gasteiger partial charge in [-0.3, -0.25) is 30.6 Å². The van der Waals surface area contributed by atoms with Crippen molar-refractivity contribution in [2.45, 2.75) is 13.0 Å². The number of hydrazine groups is 1. The van der Waals surface area contributed by atoms with Crippen LogP contribution in [0, 0.1) is 5.92 Å². The zero-order valence-electron chi connectivity index (χ0n) is 15.8. The van der Waals surface area contributed by atoms with Crippen molar-refractivity contribution in [3.63, 3.8) is 0 Å². The van der Waals surface area contributed by atoms with E-state index in [1.165, 1.54) is 12.3 Å². The van der Waals surface area contributed by atoms with E-state index in [1.807, 2.05) is 0 Å². The number of nitrogens with one attached hydrogen (secondary N) is 3. The van der Waals surface area contributed by atoms with E-state index >= 15 is 0 Å². The van der Waals surface area contributed by atoms with Crippen LogP contribution in [0.4, 0.5) is 0 Å². The first-order valence-electron chi connectivity index (χ1n) is 9.06. The minimum Gasteiger partial charge on any atom is -0.467 e. The molecular formula is C20H19ClN4O4S. The lowest BCUT2D eigenvalue weighted by Crippen LogP contribution is -2.50. The Morgan fingerprint density at radius 3 is 2.77 bits per heavy atom. The minimum atomic E-state index is -0.529. The van der Waals surface area contributed by atoms with Gasteiger partial charge in [-0.05, 0) is 42.1 Å². The van der Waals surface area contributed by atoms with Crippen molar-refractivity contribution in [3.8, 4) is 0 Å². The fourth-order valence-corrected chi connectivity index (χ4v) is 3.22. The highest BCUT2D eigenvalue weighted by molar-refractivity contribution is 7.80. The maximum absolute atomic E-state index is 12.3. The quantitative estimate of drug-likeness (QED) is 0.369. The molecule has 1 aliphatic rings. The summed E-state index contributed by atoms with van der Waals surface area (Å²) in [5, 5.41) is 2.85. The lowest BCUT2D eigenvalue weighted by molar-refractivity contribution is -0.129. The lowest BCUT2D eigenvalue weighted by Gasteiger charge is -2.15. The highest BCUT2D eigenvalue weighted by Gasteiger charge is 2.34. The van der Waals surface area contributed by atoms with Crippen LogP contribution in [-0.2, 0) is 20.9 Å². The second kappa shape index (κ2) is 10.0. The van der Waals surface area contributed by atoms with Crippen LogP contribution in [0.5, 0.6) is 0 Å². The fraction of sp³-hybridized carbons (Fsp3) is 0.200. The van der Waals surface area contributed by atoms with E-state index in [9.17, 15) is 14.4 Å². The highest BCUT2D eigenvalue weighted by atomic mass is 35.5. The molecule has 1 saturated heterocycles. The van der Waals surface area contributed by atoms with E-state index in [2.05, 4.69) is 16.2 Å². The lowest BCUT2D eigenvalue weighted by atomic mass is 10.1. The molecule has 1 unspecified atom stereocenters. The van der Waals surface area contributed by atoms with Gasteiger partial charge < -0.3 is 9.32 Å². The Balaban J connectivity index is 1.42. The zero-order chi connectivity index (χ0) is 21.5. The number of carbonyl (C=O) groups is 3. The molecule has 0 radical (unpaired) electrons. The Kier molecular flexibility index (Phi) is 7.21. The number of thiocarbonyl (C=S) groups is 1. The number of nitrogens with zero attached hydrogens (tertiary/aromatic N) is 1. The topological polar surface area (TPSA) is 104 Å². The first-order valence-corrected chi connectivity index (χ1v) is 9.84. The van der Waals surface area contributed by atoms with Crippen LogP contribution in [-0.4, -0.2) is 34.3 Å². The number of amides is 3. The van der Waals surface area contributed by atoms with Crippen LogP contribution in [0.15, 0.2) is 53.2 Å². The van der Waals surface area contributed by atoms with Crippen LogP contribution in [0.1, 0.15) is 17.7 Å². The summed E-state index contributed by atoms with van der Waals surface area (Å²) in [5.74, 6) is -0.891. The summed E-state index contributed by atoms with van der Waals surface area (Å²) in [5.41, 5.74) is 5.57. The Hall–Kier alpha value is -3.17. The molecule has 1 atom stereocenters. The van der Waals surface area contributed by atoms with Crippen LogP contribution in [0.3, 0.4) is 0 Å². The standard InChI is InChI=1S/C20H19ClN4O4S/c21-16-6-2-1-4-13(16)7-8-17(26)22-20(30)24-23-19(28)14-10-18(27)25(11-14)12-15-5-3-9-29-15/h1-9,14H,10-12H2,(H,23,28)(H2,22,24,26,30)/b8-7+. The number of rotatable bonds is 5. The summed E-state index contributed by atoms with van der Waals surface area (Å²) in [6, 6.07) is 10.6. The number of furan rings is 1. The molecule has 30 heavy (non-hydrogen) atoms. The number of carbonyl (C=O) groups excluding carboxylic acids is 3. The van der Waals surface area contributed by atoms with E-state index in [1.54, 1.807) is 47.4 Å². The number of halogens is 1. The number of hydrogen-bond donors (Lipinski definition) is 3. The summed E-state index contributed by atoms with van der Waals surface area (Å²) in [6.07, 6.45) is 4.45. The Morgan fingerprint density at radius 2 is 2.03 bits per heavy atom.